The zero-order valence-electron chi connectivity index (χ0n) is 10.5. The van der Waals surface area contributed by atoms with Gasteiger partial charge < -0.3 is 15.1 Å². The van der Waals surface area contributed by atoms with Gasteiger partial charge in [0.2, 0.25) is 0 Å². The predicted molar refractivity (Wildman–Crippen MR) is 74.0 cm³/mol. The van der Waals surface area contributed by atoms with Crippen LogP contribution in [0.25, 0.3) is 0 Å². The van der Waals surface area contributed by atoms with Crippen molar-refractivity contribution < 1.29 is 4.42 Å². The monoisotopic (exact) mass is 258 g/mol. The first-order valence-corrected chi connectivity index (χ1v) is 6.35. The van der Waals surface area contributed by atoms with Gasteiger partial charge in [0.15, 0.2) is 5.88 Å². The lowest BCUT2D eigenvalue weighted by atomic mass is 10.2. The van der Waals surface area contributed by atoms with Crippen molar-refractivity contribution in [2.24, 2.45) is 5.73 Å². The second-order valence-corrected chi connectivity index (χ2v) is 4.82. The Balaban J connectivity index is 0.00000144. The molecule has 1 fully saturated rings. The van der Waals surface area contributed by atoms with Gasteiger partial charge in [-0.05, 0) is 25.8 Å². The lowest BCUT2D eigenvalue weighted by Gasteiger charge is -2.18. The second-order valence-electron chi connectivity index (χ2n) is 4.82. The molecule has 1 atom stereocenters. The molecule has 98 valence electrons. The van der Waals surface area contributed by atoms with Crippen molar-refractivity contribution in [3.05, 3.63) is 17.9 Å². The Morgan fingerprint density at radius 3 is 2.47 bits per heavy atom. The number of furan rings is 1. The van der Waals surface area contributed by atoms with Gasteiger partial charge in [0, 0.05) is 31.6 Å². The van der Waals surface area contributed by atoms with Crippen LogP contribution in [-0.4, -0.2) is 19.1 Å². The fourth-order valence-corrected chi connectivity index (χ4v) is 2.25. The van der Waals surface area contributed by atoms with Crippen molar-refractivity contribution in [2.75, 3.05) is 18.0 Å². The third-order valence-electron chi connectivity index (χ3n) is 3.09. The van der Waals surface area contributed by atoms with E-state index in [-0.39, 0.29) is 18.4 Å². The molecule has 0 saturated carbocycles. The minimum Gasteiger partial charge on any atom is -0.446 e. The Kier molecular flexibility index (Phi) is 5.86. The van der Waals surface area contributed by atoms with Crippen molar-refractivity contribution in [1.82, 2.24) is 0 Å². The van der Waals surface area contributed by atoms with Gasteiger partial charge in [0.25, 0.3) is 0 Å². The number of nitrogens with two attached hydrogens (primary N) is 1. The minimum atomic E-state index is 0. The van der Waals surface area contributed by atoms with E-state index in [0.29, 0.717) is 0 Å². The lowest BCUT2D eigenvalue weighted by molar-refractivity contribution is 0.482. The highest BCUT2D eigenvalue weighted by molar-refractivity contribution is 5.85. The van der Waals surface area contributed by atoms with Crippen LogP contribution in [0.15, 0.2) is 16.5 Å². The Bertz CT molecular complexity index is 317. The summed E-state index contributed by atoms with van der Waals surface area (Å²) in [4.78, 5) is 2.36. The molecule has 0 amide bonds. The molecule has 2 N–H and O–H groups in total. The van der Waals surface area contributed by atoms with Crippen LogP contribution < -0.4 is 10.6 Å². The molecule has 17 heavy (non-hydrogen) atoms. The molecule has 1 unspecified atom stereocenters. The molecule has 1 aromatic rings. The van der Waals surface area contributed by atoms with Gasteiger partial charge in [-0.1, -0.05) is 12.8 Å². The van der Waals surface area contributed by atoms with E-state index in [9.17, 15) is 0 Å². The fraction of sp³-hybridized carbons (Fsp3) is 0.692. The minimum absolute atomic E-state index is 0. The average molecular weight is 259 g/mol. The lowest BCUT2D eigenvalue weighted by Crippen LogP contribution is -2.23. The molecule has 4 heteroatoms. The summed E-state index contributed by atoms with van der Waals surface area (Å²) in [6, 6.07) is 4.32. The SMILES string of the molecule is CC(N)Cc1ccc(N2CCCCCC2)o1.Cl. The first-order valence-electron chi connectivity index (χ1n) is 6.35. The van der Waals surface area contributed by atoms with E-state index in [2.05, 4.69) is 17.0 Å². The Hall–Kier alpha value is -0.670. The van der Waals surface area contributed by atoms with Crippen LogP contribution in [0, 0.1) is 0 Å². The van der Waals surface area contributed by atoms with E-state index in [1.807, 2.05) is 6.92 Å². The maximum absolute atomic E-state index is 5.84. The quantitative estimate of drug-likeness (QED) is 0.906. The molecule has 0 spiro atoms. The molecular formula is C13H23ClN2O. The average Bonchev–Trinajstić information content (AvgIpc) is 2.53. The summed E-state index contributed by atoms with van der Waals surface area (Å²) in [5, 5.41) is 0. The molecule has 1 aromatic heterocycles. The van der Waals surface area contributed by atoms with Crippen LogP contribution in [0.1, 0.15) is 38.4 Å². The molecule has 0 aromatic carbocycles. The number of hydrogen-bond acceptors (Lipinski definition) is 3. The summed E-state index contributed by atoms with van der Waals surface area (Å²) in [5.41, 5.74) is 5.76. The van der Waals surface area contributed by atoms with Crippen LogP contribution in [0.2, 0.25) is 0 Å². The topological polar surface area (TPSA) is 42.4 Å². The number of anilines is 1. The summed E-state index contributed by atoms with van der Waals surface area (Å²) in [7, 11) is 0. The molecule has 1 aliphatic rings. The van der Waals surface area contributed by atoms with E-state index >= 15 is 0 Å². The summed E-state index contributed by atoms with van der Waals surface area (Å²) >= 11 is 0. The van der Waals surface area contributed by atoms with Crippen molar-refractivity contribution in [2.45, 2.75) is 45.1 Å². The van der Waals surface area contributed by atoms with E-state index in [0.717, 1.165) is 31.2 Å². The molecule has 1 aliphatic heterocycles. The molecule has 3 nitrogen and oxygen atoms in total. The first kappa shape index (κ1) is 14.4. The Morgan fingerprint density at radius 1 is 1.24 bits per heavy atom. The standard InChI is InChI=1S/C13H22N2O.ClH/c1-11(14)10-12-6-7-13(16-12)15-8-4-2-3-5-9-15;/h6-7,11H,2-5,8-10,14H2,1H3;1H. The van der Waals surface area contributed by atoms with E-state index in [1.165, 1.54) is 25.7 Å². The smallest absolute Gasteiger partial charge is 0.195 e. The van der Waals surface area contributed by atoms with Crippen molar-refractivity contribution >= 4 is 18.3 Å². The Labute approximate surface area is 110 Å². The van der Waals surface area contributed by atoms with E-state index < -0.39 is 0 Å². The highest BCUT2D eigenvalue weighted by Gasteiger charge is 2.13. The van der Waals surface area contributed by atoms with Crippen LogP contribution in [0.4, 0.5) is 5.88 Å². The third-order valence-corrected chi connectivity index (χ3v) is 3.09. The highest BCUT2D eigenvalue weighted by Crippen LogP contribution is 2.22. The van der Waals surface area contributed by atoms with Crippen molar-refractivity contribution in [3.63, 3.8) is 0 Å². The maximum atomic E-state index is 5.84. The van der Waals surface area contributed by atoms with Crippen LogP contribution in [0.5, 0.6) is 0 Å². The van der Waals surface area contributed by atoms with Crippen molar-refractivity contribution in [3.8, 4) is 0 Å². The van der Waals surface area contributed by atoms with Gasteiger partial charge in [0.05, 0.1) is 0 Å². The van der Waals surface area contributed by atoms with Crippen LogP contribution >= 0.6 is 12.4 Å². The number of nitrogens with zero attached hydrogens (tertiary/aromatic N) is 1. The zero-order chi connectivity index (χ0) is 11.4. The van der Waals surface area contributed by atoms with Crippen LogP contribution in [0.3, 0.4) is 0 Å². The number of rotatable bonds is 3. The van der Waals surface area contributed by atoms with Crippen LogP contribution in [-0.2, 0) is 6.42 Å². The molecule has 1 saturated heterocycles. The van der Waals surface area contributed by atoms with Crippen molar-refractivity contribution in [1.29, 1.82) is 0 Å². The van der Waals surface area contributed by atoms with E-state index in [1.54, 1.807) is 0 Å². The first-order chi connectivity index (χ1) is 7.75. The summed E-state index contributed by atoms with van der Waals surface area (Å²) in [6.45, 7) is 4.27. The van der Waals surface area contributed by atoms with Gasteiger partial charge in [-0.25, -0.2) is 0 Å². The number of hydrogen-bond donors (Lipinski definition) is 1. The largest absolute Gasteiger partial charge is 0.446 e. The van der Waals surface area contributed by atoms with Gasteiger partial charge in [-0.2, -0.15) is 0 Å². The van der Waals surface area contributed by atoms with Gasteiger partial charge in [-0.15, -0.1) is 12.4 Å². The summed E-state index contributed by atoms with van der Waals surface area (Å²) < 4.78 is 5.84. The highest BCUT2D eigenvalue weighted by atomic mass is 35.5. The van der Waals surface area contributed by atoms with Gasteiger partial charge >= 0.3 is 0 Å². The molecule has 0 aliphatic carbocycles. The fourth-order valence-electron chi connectivity index (χ4n) is 2.25. The normalized spacial score (nSPS) is 18.4. The molecule has 2 heterocycles. The summed E-state index contributed by atoms with van der Waals surface area (Å²) in [5.74, 6) is 2.03. The molecule has 2 rings (SSSR count). The zero-order valence-corrected chi connectivity index (χ0v) is 11.3. The van der Waals surface area contributed by atoms with Gasteiger partial charge in [-0.3, -0.25) is 0 Å². The number of halogens is 1. The Morgan fingerprint density at radius 2 is 1.88 bits per heavy atom. The molecule has 0 radical (unpaired) electrons. The van der Waals surface area contributed by atoms with Gasteiger partial charge in [0.1, 0.15) is 5.76 Å². The van der Waals surface area contributed by atoms with E-state index in [4.69, 9.17) is 10.2 Å². The molecule has 0 bridgehead atoms. The second kappa shape index (κ2) is 6.92. The molecular weight excluding hydrogens is 236 g/mol. The third kappa shape index (κ3) is 4.25. The maximum Gasteiger partial charge on any atom is 0.195 e. The predicted octanol–water partition coefficient (Wildman–Crippen LogP) is 2.97. The summed E-state index contributed by atoms with van der Waals surface area (Å²) in [6.07, 6.45) is 6.09.